The van der Waals surface area contributed by atoms with Crippen molar-refractivity contribution < 1.29 is 19.5 Å². The van der Waals surface area contributed by atoms with E-state index >= 15 is 0 Å². The van der Waals surface area contributed by atoms with Gasteiger partial charge in [-0.1, -0.05) is 11.8 Å². The largest absolute Gasteiger partial charge is 0.480 e. The van der Waals surface area contributed by atoms with Gasteiger partial charge in [0.25, 0.3) is 0 Å². The Hall–Kier alpha value is -1.04. The lowest BCUT2D eigenvalue weighted by atomic mass is 10.4. The minimum absolute atomic E-state index is 0.0417. The van der Waals surface area contributed by atoms with Crippen LogP contribution in [0, 0.1) is 0 Å². The molecule has 0 saturated carbocycles. The number of aliphatic carboxylic acids is 1. The minimum atomic E-state index is -1.02. The van der Waals surface area contributed by atoms with E-state index in [1.165, 1.54) is 11.8 Å². The molecule has 1 heterocycles. The Morgan fingerprint density at radius 3 is 2.79 bits per heavy atom. The highest BCUT2D eigenvalue weighted by Gasteiger charge is 2.31. The van der Waals surface area contributed by atoms with Gasteiger partial charge in [-0.05, 0) is 0 Å². The van der Waals surface area contributed by atoms with Gasteiger partial charge in [-0.15, -0.1) is 0 Å². The molecule has 0 aromatic rings. The van der Waals surface area contributed by atoms with E-state index in [0.717, 1.165) is 11.8 Å². The fraction of sp³-hybridized carbons (Fsp3) is 0.625. The Kier molecular flexibility index (Phi) is 3.51. The average molecular weight is 217 g/mol. The third-order valence-electron chi connectivity index (χ3n) is 1.84. The van der Waals surface area contributed by atoms with Gasteiger partial charge in [0.2, 0.25) is 5.91 Å². The highest BCUT2D eigenvalue weighted by molar-refractivity contribution is 8.14. The highest BCUT2D eigenvalue weighted by atomic mass is 32.2. The maximum Gasteiger partial charge on any atom is 0.323 e. The smallest absolute Gasteiger partial charge is 0.323 e. The van der Waals surface area contributed by atoms with Crippen LogP contribution < -0.4 is 0 Å². The van der Waals surface area contributed by atoms with E-state index in [2.05, 4.69) is 0 Å². The lowest BCUT2D eigenvalue weighted by Gasteiger charge is -2.12. The number of hydrogen-bond donors (Lipinski definition) is 1. The topological polar surface area (TPSA) is 74.7 Å². The fourth-order valence-corrected chi connectivity index (χ4v) is 2.32. The molecule has 1 aliphatic rings. The molecule has 1 unspecified atom stereocenters. The first-order valence-electron chi connectivity index (χ1n) is 4.16. The molecule has 1 aliphatic heterocycles. The number of rotatable bonds is 3. The quantitative estimate of drug-likeness (QED) is 0.717. The molecule has 14 heavy (non-hydrogen) atoms. The number of amides is 1. The summed E-state index contributed by atoms with van der Waals surface area (Å²) in [6.45, 7) is 1.53. The van der Waals surface area contributed by atoms with Gasteiger partial charge >= 0.3 is 5.97 Å². The number of carbonyl (C=O) groups excluding carboxylic acids is 2. The van der Waals surface area contributed by atoms with E-state index in [9.17, 15) is 14.4 Å². The highest BCUT2D eigenvalue weighted by Crippen LogP contribution is 2.23. The Morgan fingerprint density at radius 1 is 1.64 bits per heavy atom. The first-order valence-corrected chi connectivity index (χ1v) is 5.04. The Morgan fingerprint density at radius 2 is 2.29 bits per heavy atom. The van der Waals surface area contributed by atoms with Crippen molar-refractivity contribution in [3.05, 3.63) is 0 Å². The summed E-state index contributed by atoms with van der Waals surface area (Å²) >= 11 is 1.10. The fourth-order valence-electron chi connectivity index (χ4n) is 1.37. The summed E-state index contributed by atoms with van der Waals surface area (Å²) in [4.78, 5) is 33.6. The van der Waals surface area contributed by atoms with Crippen LogP contribution in [0.5, 0.6) is 0 Å². The van der Waals surface area contributed by atoms with Crippen molar-refractivity contribution in [3.8, 4) is 0 Å². The number of thioether (sulfide) groups is 1. The second kappa shape index (κ2) is 4.45. The molecule has 1 atom stereocenters. The van der Waals surface area contributed by atoms with E-state index in [1.807, 2.05) is 0 Å². The van der Waals surface area contributed by atoms with Crippen LogP contribution in [-0.2, 0) is 14.4 Å². The first-order chi connectivity index (χ1) is 6.49. The molecule has 0 spiro atoms. The Bertz CT molecular complexity index is 279. The van der Waals surface area contributed by atoms with E-state index in [1.54, 1.807) is 0 Å². The molecule has 1 saturated heterocycles. The van der Waals surface area contributed by atoms with Crippen LogP contribution in [0.3, 0.4) is 0 Å². The lowest BCUT2D eigenvalue weighted by Crippen LogP contribution is -2.31. The Balaban J connectivity index is 2.47. The van der Waals surface area contributed by atoms with Gasteiger partial charge in [0, 0.05) is 25.1 Å². The summed E-state index contributed by atoms with van der Waals surface area (Å²) in [5.41, 5.74) is 0. The number of nitrogens with zero attached hydrogens (tertiary/aromatic N) is 1. The SMILES string of the molecule is CC(=O)SC1CC(=O)N(CC(=O)O)C1. The van der Waals surface area contributed by atoms with Gasteiger partial charge in [-0.3, -0.25) is 14.4 Å². The van der Waals surface area contributed by atoms with Crippen molar-refractivity contribution in [2.75, 3.05) is 13.1 Å². The van der Waals surface area contributed by atoms with Crippen LogP contribution >= 0.6 is 11.8 Å². The van der Waals surface area contributed by atoms with Crippen LogP contribution in [-0.4, -0.2) is 45.3 Å². The predicted molar refractivity (Wildman–Crippen MR) is 50.9 cm³/mol. The van der Waals surface area contributed by atoms with E-state index in [0.29, 0.717) is 6.54 Å². The van der Waals surface area contributed by atoms with Crippen LogP contribution in [0.25, 0.3) is 0 Å². The molecule has 0 aromatic heterocycles. The molecule has 0 aromatic carbocycles. The van der Waals surface area contributed by atoms with Crippen LogP contribution in [0.4, 0.5) is 0 Å². The molecule has 1 N–H and O–H groups in total. The van der Waals surface area contributed by atoms with Gasteiger partial charge in [0.1, 0.15) is 6.54 Å². The molecule has 0 aliphatic carbocycles. The van der Waals surface area contributed by atoms with E-state index in [-0.39, 0.29) is 29.2 Å². The second-order valence-corrected chi connectivity index (χ2v) is 4.58. The zero-order valence-electron chi connectivity index (χ0n) is 7.73. The summed E-state index contributed by atoms with van der Waals surface area (Å²) < 4.78 is 0. The maximum absolute atomic E-state index is 11.2. The second-order valence-electron chi connectivity index (χ2n) is 3.10. The zero-order chi connectivity index (χ0) is 10.7. The molecule has 0 bridgehead atoms. The van der Waals surface area contributed by atoms with Crippen molar-refractivity contribution in [1.82, 2.24) is 4.90 Å². The Labute approximate surface area is 85.4 Å². The third-order valence-corrected chi connectivity index (χ3v) is 2.82. The van der Waals surface area contributed by atoms with Crippen LogP contribution in [0.2, 0.25) is 0 Å². The number of carboxylic acid groups (broad SMARTS) is 1. The number of carboxylic acids is 1. The number of likely N-dealkylation sites (tertiary alicyclic amines) is 1. The summed E-state index contributed by atoms with van der Waals surface area (Å²) in [6.07, 6.45) is 0.261. The van der Waals surface area contributed by atoms with Crippen LogP contribution in [0.15, 0.2) is 0 Å². The van der Waals surface area contributed by atoms with Crippen molar-refractivity contribution in [2.24, 2.45) is 0 Å². The summed E-state index contributed by atoms with van der Waals surface area (Å²) in [5, 5.41) is 8.37. The predicted octanol–water partition coefficient (Wildman–Crippen LogP) is -0.0484. The molecule has 1 amide bonds. The monoisotopic (exact) mass is 217 g/mol. The molecule has 78 valence electrons. The van der Waals surface area contributed by atoms with E-state index in [4.69, 9.17) is 5.11 Å². The van der Waals surface area contributed by atoms with Gasteiger partial charge in [0.05, 0.1) is 0 Å². The summed E-state index contributed by atoms with van der Waals surface area (Å²) in [7, 11) is 0. The average Bonchev–Trinajstić information content (AvgIpc) is 2.28. The van der Waals surface area contributed by atoms with Crippen molar-refractivity contribution in [1.29, 1.82) is 0 Å². The van der Waals surface area contributed by atoms with Crippen molar-refractivity contribution >= 4 is 28.8 Å². The summed E-state index contributed by atoms with van der Waals surface area (Å²) in [6, 6.07) is 0. The molecule has 0 radical (unpaired) electrons. The van der Waals surface area contributed by atoms with Crippen molar-refractivity contribution in [3.63, 3.8) is 0 Å². The van der Waals surface area contributed by atoms with E-state index < -0.39 is 5.97 Å². The number of carbonyl (C=O) groups is 3. The van der Waals surface area contributed by atoms with Crippen LogP contribution in [0.1, 0.15) is 13.3 Å². The number of hydrogen-bond acceptors (Lipinski definition) is 4. The lowest BCUT2D eigenvalue weighted by molar-refractivity contribution is -0.142. The minimum Gasteiger partial charge on any atom is -0.480 e. The zero-order valence-corrected chi connectivity index (χ0v) is 8.54. The molecule has 1 rings (SSSR count). The standard InChI is InChI=1S/C8H11NO4S/c1-5(10)14-6-2-7(11)9(3-6)4-8(12)13/h6H,2-4H2,1H3,(H,12,13). The molecule has 6 heteroatoms. The van der Waals surface area contributed by atoms with Crippen molar-refractivity contribution in [2.45, 2.75) is 18.6 Å². The first kappa shape index (κ1) is 11.0. The third kappa shape index (κ3) is 3.02. The van der Waals surface area contributed by atoms with Gasteiger partial charge in [-0.2, -0.15) is 0 Å². The summed E-state index contributed by atoms with van der Waals surface area (Å²) in [5.74, 6) is -1.21. The maximum atomic E-state index is 11.2. The molecular formula is C8H11NO4S. The molecule has 5 nitrogen and oxygen atoms in total. The van der Waals surface area contributed by atoms with Gasteiger partial charge < -0.3 is 10.0 Å². The molecular weight excluding hydrogens is 206 g/mol. The normalized spacial score (nSPS) is 21.4. The van der Waals surface area contributed by atoms with Gasteiger partial charge in [0.15, 0.2) is 5.12 Å². The van der Waals surface area contributed by atoms with Gasteiger partial charge in [-0.25, -0.2) is 0 Å². The molecule has 1 fully saturated rings.